The minimum absolute atomic E-state index is 0.0192. The van der Waals surface area contributed by atoms with Crippen molar-refractivity contribution in [2.75, 3.05) is 20.2 Å². The van der Waals surface area contributed by atoms with Crippen molar-refractivity contribution in [2.24, 2.45) is 5.92 Å². The van der Waals surface area contributed by atoms with Gasteiger partial charge in [0.25, 0.3) is 0 Å². The number of rotatable bonds is 2. The van der Waals surface area contributed by atoms with Crippen LogP contribution in [0.5, 0.6) is 5.75 Å². The van der Waals surface area contributed by atoms with Crippen LogP contribution in [-0.2, 0) is 9.57 Å². The van der Waals surface area contributed by atoms with Gasteiger partial charge in [-0.1, -0.05) is 18.2 Å². The highest BCUT2D eigenvalue weighted by molar-refractivity contribution is 5.36. The first kappa shape index (κ1) is 12.6. The normalized spacial score (nSPS) is 42.6. The average Bonchev–Trinajstić information content (AvgIpc) is 2.92. The second-order valence-electron chi connectivity index (χ2n) is 6.09. The van der Waals surface area contributed by atoms with Gasteiger partial charge >= 0.3 is 0 Å². The van der Waals surface area contributed by atoms with E-state index in [4.69, 9.17) is 9.57 Å². The largest absolute Gasteiger partial charge is 0.508 e. The Morgan fingerprint density at radius 1 is 1.35 bits per heavy atom. The molecule has 4 aliphatic heterocycles. The number of ether oxygens (including phenoxy) is 1. The van der Waals surface area contributed by atoms with Crippen LogP contribution in [0.2, 0.25) is 0 Å². The number of aromatic hydroxyl groups is 1. The van der Waals surface area contributed by atoms with Gasteiger partial charge in [-0.15, -0.1) is 0 Å². The maximum absolute atomic E-state index is 10.1. The van der Waals surface area contributed by atoms with Crippen LogP contribution in [0.4, 0.5) is 0 Å². The van der Waals surface area contributed by atoms with E-state index in [-0.39, 0.29) is 12.1 Å². The van der Waals surface area contributed by atoms with Crippen LogP contribution in [-0.4, -0.2) is 37.1 Å². The van der Waals surface area contributed by atoms with Crippen molar-refractivity contribution in [2.45, 2.75) is 30.7 Å². The predicted octanol–water partition coefficient (Wildman–Crippen LogP) is -0.0121. The summed E-state index contributed by atoms with van der Waals surface area (Å²) in [6.07, 6.45) is 2.30. The van der Waals surface area contributed by atoms with Crippen LogP contribution in [0.3, 0.4) is 0 Å². The van der Waals surface area contributed by atoms with Crippen LogP contribution in [0.1, 0.15) is 24.4 Å². The Kier molecular flexibility index (Phi) is 2.79. The third-order valence-corrected chi connectivity index (χ3v) is 5.34. The molecule has 0 amide bonds. The molecule has 0 unspecified atom stereocenters. The van der Waals surface area contributed by atoms with Gasteiger partial charge in [-0.3, -0.25) is 4.84 Å². The molecule has 5 rings (SSSR count). The molecule has 4 fully saturated rings. The maximum atomic E-state index is 10.1. The molecule has 4 heterocycles. The summed E-state index contributed by atoms with van der Waals surface area (Å²) in [4.78, 5) is 7.47. The minimum Gasteiger partial charge on any atom is -0.508 e. The Labute approximate surface area is 118 Å². The van der Waals surface area contributed by atoms with Crippen LogP contribution in [0.15, 0.2) is 24.3 Å². The lowest BCUT2D eigenvalue weighted by Crippen LogP contribution is -3.21. The number of hydrogen-bond acceptors (Lipinski definition) is 4. The molecular weight excluding hydrogens is 256 g/mol. The number of piperidine rings is 3. The van der Waals surface area contributed by atoms with Crippen LogP contribution >= 0.6 is 0 Å². The van der Waals surface area contributed by atoms with Crippen LogP contribution in [0, 0.1) is 5.92 Å². The fourth-order valence-electron chi connectivity index (χ4n) is 4.41. The Bertz CT molecular complexity index is 516. The van der Waals surface area contributed by atoms with Crippen molar-refractivity contribution >= 4 is 0 Å². The lowest BCUT2D eigenvalue weighted by molar-refractivity contribution is -0.955. The molecule has 0 spiro atoms. The highest BCUT2D eigenvalue weighted by Crippen LogP contribution is 2.45. The van der Waals surface area contributed by atoms with Gasteiger partial charge in [0.1, 0.15) is 11.8 Å². The van der Waals surface area contributed by atoms with Gasteiger partial charge in [-0.05, 0) is 6.07 Å². The molecule has 108 valence electrons. The van der Waals surface area contributed by atoms with Crippen molar-refractivity contribution in [3.05, 3.63) is 29.8 Å². The number of quaternary nitrogens is 1. The number of hydroxylamine groups is 1. The molecule has 0 radical (unpaired) electrons. The number of methoxy groups -OCH3 is 1. The summed E-state index contributed by atoms with van der Waals surface area (Å²) < 4.78 is 5.84. The summed E-state index contributed by atoms with van der Waals surface area (Å²) in [7, 11) is 1.74. The molecule has 5 heteroatoms. The van der Waals surface area contributed by atoms with E-state index < -0.39 is 5.79 Å². The van der Waals surface area contributed by atoms with Gasteiger partial charge in [-0.25, -0.2) is 0 Å². The van der Waals surface area contributed by atoms with E-state index in [1.54, 1.807) is 13.2 Å². The first-order chi connectivity index (χ1) is 9.76. The predicted molar refractivity (Wildman–Crippen MR) is 72.0 cm³/mol. The third kappa shape index (κ3) is 1.52. The van der Waals surface area contributed by atoms with E-state index in [1.165, 1.54) is 4.90 Å². The number of phenols is 1. The lowest BCUT2D eigenvalue weighted by Gasteiger charge is -2.50. The zero-order valence-corrected chi connectivity index (χ0v) is 11.6. The third-order valence-electron chi connectivity index (χ3n) is 5.34. The van der Waals surface area contributed by atoms with Gasteiger partial charge in [0, 0.05) is 31.4 Å². The number of para-hydroxylation sites is 1. The summed E-state index contributed by atoms with van der Waals surface area (Å²) in [6, 6.07) is 7.68. The summed E-state index contributed by atoms with van der Waals surface area (Å²) in [5, 5.41) is 10.1. The standard InChI is InChI=1S/C15H20N2O3/c1-19-15-10-6-8-17(9-7-10)14(15)13(16-20-15)11-4-2-3-5-12(11)18/h2-5,10,13-14,16,18H,6-9H2,1H3/p+1/t13-,14+,15-/m1/s1. The molecule has 0 aromatic heterocycles. The summed E-state index contributed by atoms with van der Waals surface area (Å²) in [6.45, 7) is 2.32. The van der Waals surface area contributed by atoms with Gasteiger partial charge < -0.3 is 14.7 Å². The van der Waals surface area contributed by atoms with Gasteiger partial charge in [0.2, 0.25) is 5.79 Å². The molecule has 0 saturated carbocycles. The maximum Gasteiger partial charge on any atom is 0.244 e. The first-order valence-corrected chi connectivity index (χ1v) is 7.37. The smallest absolute Gasteiger partial charge is 0.244 e. The molecule has 20 heavy (non-hydrogen) atoms. The monoisotopic (exact) mass is 277 g/mol. The Balaban J connectivity index is 1.76. The Morgan fingerprint density at radius 2 is 2.10 bits per heavy atom. The highest BCUT2D eigenvalue weighted by Gasteiger charge is 2.66. The molecule has 4 aliphatic rings. The molecular formula is C15H21N2O3+. The molecule has 3 N–H and O–H groups in total. The Morgan fingerprint density at radius 3 is 2.80 bits per heavy atom. The van der Waals surface area contributed by atoms with E-state index in [1.807, 2.05) is 18.2 Å². The molecule has 1 aromatic carbocycles. The van der Waals surface area contributed by atoms with Gasteiger partial charge in [0.05, 0.1) is 13.1 Å². The van der Waals surface area contributed by atoms with Crippen molar-refractivity contribution in [3.8, 4) is 5.75 Å². The van der Waals surface area contributed by atoms with Gasteiger partial charge in [0.15, 0.2) is 6.04 Å². The number of benzene rings is 1. The molecule has 1 aromatic rings. The lowest BCUT2D eigenvalue weighted by atomic mass is 9.74. The zero-order valence-electron chi connectivity index (χ0n) is 11.6. The number of nitrogens with one attached hydrogen (secondary N) is 2. The van der Waals surface area contributed by atoms with Gasteiger partial charge in [-0.2, -0.15) is 5.48 Å². The van der Waals surface area contributed by atoms with E-state index in [0.29, 0.717) is 11.7 Å². The van der Waals surface area contributed by atoms with E-state index >= 15 is 0 Å². The first-order valence-electron chi connectivity index (χ1n) is 7.37. The topological polar surface area (TPSA) is 55.2 Å². The fraction of sp³-hybridized carbons (Fsp3) is 0.600. The summed E-state index contributed by atoms with van der Waals surface area (Å²) >= 11 is 0. The van der Waals surface area contributed by atoms with Crippen LogP contribution < -0.4 is 10.4 Å². The number of phenolic OH excluding ortho intramolecular Hbond substituents is 1. The average molecular weight is 277 g/mol. The molecule has 5 nitrogen and oxygen atoms in total. The Hall–Kier alpha value is -1.14. The molecule has 4 saturated heterocycles. The van der Waals surface area contributed by atoms with Crippen molar-refractivity contribution in [1.82, 2.24) is 5.48 Å². The number of fused-ring (bicyclic) bond motifs is 2. The highest BCUT2D eigenvalue weighted by atomic mass is 16.8. The fourth-order valence-corrected chi connectivity index (χ4v) is 4.41. The second-order valence-corrected chi connectivity index (χ2v) is 6.09. The van der Waals surface area contributed by atoms with E-state index in [2.05, 4.69) is 5.48 Å². The zero-order chi connectivity index (χ0) is 13.7. The van der Waals surface area contributed by atoms with Crippen LogP contribution in [0.25, 0.3) is 0 Å². The molecule has 0 aliphatic carbocycles. The molecule has 2 bridgehead atoms. The number of hydrogen-bond donors (Lipinski definition) is 3. The second kappa shape index (κ2) is 4.43. The van der Waals surface area contributed by atoms with Crippen molar-refractivity contribution in [1.29, 1.82) is 0 Å². The van der Waals surface area contributed by atoms with Crippen molar-refractivity contribution < 1.29 is 19.6 Å². The molecule has 3 atom stereocenters. The quantitative estimate of drug-likeness (QED) is 0.711. The van der Waals surface area contributed by atoms with E-state index in [9.17, 15) is 5.11 Å². The minimum atomic E-state index is -0.543. The van der Waals surface area contributed by atoms with E-state index in [0.717, 1.165) is 31.5 Å². The summed E-state index contributed by atoms with van der Waals surface area (Å²) in [5.41, 5.74) is 4.04. The summed E-state index contributed by atoms with van der Waals surface area (Å²) in [5.74, 6) is 0.222. The SMILES string of the molecule is CO[C@]12ON[C@H](c3ccccc3O)[C@@H]1[NH+]1CCC2CC1. The van der Waals surface area contributed by atoms with Crippen molar-refractivity contribution in [3.63, 3.8) is 0 Å².